The maximum Gasteiger partial charge on any atom is 0.175 e. The van der Waals surface area contributed by atoms with Gasteiger partial charge in [-0.25, -0.2) is 12.8 Å². The molecule has 0 N–H and O–H groups in total. The Labute approximate surface area is 83.7 Å². The molecule has 1 rings (SSSR count). The van der Waals surface area contributed by atoms with Crippen molar-refractivity contribution in [3.05, 3.63) is 29.6 Å². The Hall–Kier alpha value is -0.900. The third kappa shape index (κ3) is 2.32. The minimum Gasteiger partial charge on any atom is -0.224 e. The Morgan fingerprint density at radius 1 is 1.29 bits per heavy atom. The smallest absolute Gasteiger partial charge is 0.175 e. The van der Waals surface area contributed by atoms with E-state index in [0.29, 0.717) is 5.56 Å². The zero-order chi connectivity index (χ0) is 10.9. The molecule has 0 fully saturated rings. The van der Waals surface area contributed by atoms with E-state index in [1.807, 2.05) is 13.8 Å². The van der Waals surface area contributed by atoms with Crippen LogP contribution >= 0.6 is 0 Å². The second kappa shape index (κ2) is 3.69. The zero-order valence-corrected chi connectivity index (χ0v) is 9.23. The van der Waals surface area contributed by atoms with E-state index >= 15 is 0 Å². The first-order chi connectivity index (χ1) is 6.32. The highest BCUT2D eigenvalue weighted by molar-refractivity contribution is 7.90. The van der Waals surface area contributed by atoms with Crippen LogP contribution in [0.5, 0.6) is 0 Å². The van der Waals surface area contributed by atoms with Crippen LogP contribution in [0.2, 0.25) is 0 Å². The fraction of sp³-hybridized carbons (Fsp3) is 0.400. The first kappa shape index (κ1) is 11.2. The largest absolute Gasteiger partial charge is 0.224 e. The molecule has 78 valence electrons. The van der Waals surface area contributed by atoms with Crippen LogP contribution in [0.25, 0.3) is 0 Å². The molecular formula is C10H13FO2S. The van der Waals surface area contributed by atoms with Crippen LogP contribution in [-0.4, -0.2) is 14.7 Å². The lowest BCUT2D eigenvalue weighted by Gasteiger charge is -2.07. The maximum atomic E-state index is 13.4. The van der Waals surface area contributed by atoms with E-state index in [0.717, 1.165) is 12.3 Å². The summed E-state index contributed by atoms with van der Waals surface area (Å²) in [7, 11) is -3.31. The van der Waals surface area contributed by atoms with Crippen molar-refractivity contribution in [2.45, 2.75) is 24.7 Å². The molecule has 0 amide bonds. The van der Waals surface area contributed by atoms with Gasteiger partial charge < -0.3 is 0 Å². The van der Waals surface area contributed by atoms with Gasteiger partial charge in [0.05, 0.1) is 4.90 Å². The Bertz CT molecular complexity index is 435. The molecule has 0 aliphatic rings. The monoisotopic (exact) mass is 216 g/mol. The summed E-state index contributed by atoms with van der Waals surface area (Å²) >= 11 is 0. The minimum atomic E-state index is -3.31. The minimum absolute atomic E-state index is 0.0272. The molecule has 0 heterocycles. The number of benzene rings is 1. The first-order valence-electron chi connectivity index (χ1n) is 4.32. The van der Waals surface area contributed by atoms with Gasteiger partial charge >= 0.3 is 0 Å². The second-order valence-corrected chi connectivity index (χ2v) is 5.63. The van der Waals surface area contributed by atoms with Gasteiger partial charge in [-0.2, -0.15) is 0 Å². The summed E-state index contributed by atoms with van der Waals surface area (Å²) in [6.45, 7) is 3.72. The molecule has 0 aliphatic carbocycles. The quantitative estimate of drug-likeness (QED) is 0.760. The van der Waals surface area contributed by atoms with Gasteiger partial charge in [-0.15, -0.1) is 0 Å². The fourth-order valence-corrected chi connectivity index (χ4v) is 1.84. The van der Waals surface area contributed by atoms with Gasteiger partial charge in [0, 0.05) is 6.26 Å². The van der Waals surface area contributed by atoms with Gasteiger partial charge in [0.1, 0.15) is 5.82 Å². The Kier molecular flexibility index (Phi) is 2.95. The van der Waals surface area contributed by atoms with E-state index in [9.17, 15) is 12.8 Å². The molecule has 1 aromatic carbocycles. The third-order valence-corrected chi connectivity index (χ3v) is 3.13. The summed E-state index contributed by atoms with van der Waals surface area (Å²) in [6.07, 6.45) is 1.07. The molecule has 0 aromatic heterocycles. The summed E-state index contributed by atoms with van der Waals surface area (Å²) in [5, 5.41) is 0. The molecule has 2 nitrogen and oxygen atoms in total. The molecule has 0 saturated heterocycles. The number of sulfone groups is 1. The summed E-state index contributed by atoms with van der Waals surface area (Å²) in [5.41, 5.74) is 0.539. The zero-order valence-electron chi connectivity index (χ0n) is 8.41. The van der Waals surface area contributed by atoms with E-state index in [1.165, 1.54) is 12.1 Å². The van der Waals surface area contributed by atoms with Crippen molar-refractivity contribution in [3.63, 3.8) is 0 Å². The number of hydrogen-bond acceptors (Lipinski definition) is 2. The van der Waals surface area contributed by atoms with Crippen LogP contribution in [0.3, 0.4) is 0 Å². The lowest BCUT2D eigenvalue weighted by molar-refractivity contribution is 0.584. The highest BCUT2D eigenvalue weighted by Gasteiger charge is 2.12. The topological polar surface area (TPSA) is 34.1 Å². The predicted octanol–water partition coefficient (Wildman–Crippen LogP) is 2.35. The van der Waals surface area contributed by atoms with Gasteiger partial charge in [-0.1, -0.05) is 19.9 Å². The Morgan fingerprint density at radius 2 is 1.86 bits per heavy atom. The van der Waals surface area contributed by atoms with Crippen molar-refractivity contribution in [1.29, 1.82) is 0 Å². The van der Waals surface area contributed by atoms with Crippen LogP contribution in [0.15, 0.2) is 23.1 Å². The molecule has 0 radical (unpaired) electrons. The first-order valence-corrected chi connectivity index (χ1v) is 6.21. The highest BCUT2D eigenvalue weighted by Crippen LogP contribution is 2.21. The highest BCUT2D eigenvalue weighted by atomic mass is 32.2. The van der Waals surface area contributed by atoms with Gasteiger partial charge in [-0.05, 0) is 23.6 Å². The van der Waals surface area contributed by atoms with Gasteiger partial charge in [0.15, 0.2) is 9.84 Å². The molecule has 0 spiro atoms. The van der Waals surface area contributed by atoms with E-state index in [1.54, 1.807) is 0 Å². The van der Waals surface area contributed by atoms with Crippen molar-refractivity contribution in [2.24, 2.45) is 0 Å². The van der Waals surface area contributed by atoms with Crippen molar-refractivity contribution in [1.82, 2.24) is 0 Å². The molecular weight excluding hydrogens is 203 g/mol. The standard InChI is InChI=1S/C10H13FO2S/c1-7(2)9-5-4-8(6-10(9)11)14(3,12)13/h4-7H,1-3H3. The van der Waals surface area contributed by atoms with Crippen molar-refractivity contribution >= 4 is 9.84 Å². The third-order valence-electron chi connectivity index (χ3n) is 2.02. The van der Waals surface area contributed by atoms with Gasteiger partial charge in [0.2, 0.25) is 0 Å². The summed E-state index contributed by atoms with van der Waals surface area (Å²) in [5.74, 6) is -0.397. The van der Waals surface area contributed by atoms with E-state index in [4.69, 9.17) is 0 Å². The van der Waals surface area contributed by atoms with Crippen LogP contribution in [0.1, 0.15) is 25.3 Å². The lowest BCUT2D eigenvalue weighted by Crippen LogP contribution is -2.00. The van der Waals surface area contributed by atoms with Crippen molar-refractivity contribution in [3.8, 4) is 0 Å². The van der Waals surface area contributed by atoms with E-state index < -0.39 is 15.7 Å². The summed E-state index contributed by atoms with van der Waals surface area (Å²) in [6, 6.07) is 4.04. The Morgan fingerprint density at radius 3 is 2.21 bits per heavy atom. The number of hydrogen-bond donors (Lipinski definition) is 0. The van der Waals surface area contributed by atoms with Gasteiger partial charge in [-0.3, -0.25) is 0 Å². The van der Waals surface area contributed by atoms with Crippen LogP contribution in [0, 0.1) is 5.82 Å². The molecule has 0 bridgehead atoms. The van der Waals surface area contributed by atoms with Crippen molar-refractivity contribution in [2.75, 3.05) is 6.26 Å². The molecule has 0 atom stereocenters. The summed E-state index contributed by atoms with van der Waals surface area (Å²) in [4.78, 5) is 0.0272. The van der Waals surface area contributed by atoms with Crippen LogP contribution < -0.4 is 0 Å². The Balaban J connectivity index is 3.27. The predicted molar refractivity (Wildman–Crippen MR) is 53.6 cm³/mol. The average Bonchev–Trinajstić information content (AvgIpc) is 2.01. The second-order valence-electron chi connectivity index (χ2n) is 3.61. The molecule has 4 heteroatoms. The molecule has 1 aromatic rings. The van der Waals surface area contributed by atoms with Crippen LogP contribution in [-0.2, 0) is 9.84 Å². The lowest BCUT2D eigenvalue weighted by atomic mass is 10.0. The average molecular weight is 216 g/mol. The number of rotatable bonds is 2. The molecule has 0 unspecified atom stereocenters. The van der Waals surface area contributed by atoms with Crippen molar-refractivity contribution < 1.29 is 12.8 Å². The van der Waals surface area contributed by atoms with E-state index in [-0.39, 0.29) is 10.8 Å². The SMILES string of the molecule is CC(C)c1ccc(S(C)(=O)=O)cc1F. The molecule has 0 aliphatic heterocycles. The summed E-state index contributed by atoms with van der Waals surface area (Å²) < 4.78 is 35.6. The molecule has 14 heavy (non-hydrogen) atoms. The normalized spacial score (nSPS) is 12.1. The fourth-order valence-electron chi connectivity index (χ4n) is 1.21. The maximum absolute atomic E-state index is 13.4. The van der Waals surface area contributed by atoms with E-state index in [2.05, 4.69) is 0 Å². The van der Waals surface area contributed by atoms with Crippen LogP contribution in [0.4, 0.5) is 4.39 Å². The molecule has 0 saturated carbocycles. The van der Waals surface area contributed by atoms with Gasteiger partial charge in [0.25, 0.3) is 0 Å². The number of halogens is 1.